The summed E-state index contributed by atoms with van der Waals surface area (Å²) in [5, 5.41) is 0. The smallest absolute Gasteiger partial charge is 0.119 e. The van der Waals surface area contributed by atoms with Gasteiger partial charge in [0.05, 0.1) is 7.11 Å². The van der Waals surface area contributed by atoms with E-state index in [0.717, 1.165) is 12.2 Å². The van der Waals surface area contributed by atoms with E-state index in [9.17, 15) is 0 Å². The van der Waals surface area contributed by atoms with E-state index in [0.29, 0.717) is 0 Å². The molecule has 0 aliphatic heterocycles. The Morgan fingerprint density at radius 3 is 2.52 bits per heavy atom. The van der Waals surface area contributed by atoms with Crippen LogP contribution in [0.25, 0.3) is 16.7 Å². The molecule has 0 atom stereocenters. The van der Waals surface area contributed by atoms with Crippen molar-refractivity contribution in [1.29, 1.82) is 0 Å². The Hall–Kier alpha value is -2.02. The maximum atomic E-state index is 5.41. The molecule has 0 fully saturated rings. The molecule has 3 rings (SSSR count). The molecule has 2 aromatic rings. The lowest BCUT2D eigenvalue weighted by Crippen LogP contribution is -2.10. The standard InChI is InChI=1S/C22H26O/c1-5-16-11-12-19(17-8-6-9-18(15-17)23-4)20(14-16)21-10-7-13-22(21,2)3/h6,8-12,14-15H,5,7,13H2,1-4H3. The SMILES string of the molecule is CCc1ccc(-c2cccc(OC)c2)c(C2=CCCC2(C)C)c1. The Bertz CT molecular complexity index is 737. The molecule has 0 unspecified atom stereocenters. The molecular weight excluding hydrogens is 280 g/mol. The van der Waals surface area contributed by atoms with Crippen LogP contribution in [0.5, 0.6) is 5.75 Å². The number of allylic oxidation sites excluding steroid dienone is 2. The molecule has 1 heteroatoms. The number of hydrogen-bond donors (Lipinski definition) is 0. The van der Waals surface area contributed by atoms with E-state index in [1.54, 1.807) is 7.11 Å². The van der Waals surface area contributed by atoms with Gasteiger partial charge in [0, 0.05) is 0 Å². The fourth-order valence-corrected chi connectivity index (χ4v) is 3.54. The molecule has 0 N–H and O–H groups in total. The van der Waals surface area contributed by atoms with E-state index in [4.69, 9.17) is 4.74 Å². The van der Waals surface area contributed by atoms with E-state index in [2.05, 4.69) is 63.2 Å². The van der Waals surface area contributed by atoms with E-state index in [1.807, 2.05) is 6.07 Å². The number of methoxy groups -OCH3 is 1. The lowest BCUT2D eigenvalue weighted by atomic mass is 9.79. The van der Waals surface area contributed by atoms with Crippen LogP contribution in [0.3, 0.4) is 0 Å². The van der Waals surface area contributed by atoms with Crippen LogP contribution in [-0.4, -0.2) is 7.11 Å². The van der Waals surface area contributed by atoms with Crippen molar-refractivity contribution < 1.29 is 4.74 Å². The number of hydrogen-bond acceptors (Lipinski definition) is 1. The molecule has 120 valence electrons. The summed E-state index contributed by atoms with van der Waals surface area (Å²) in [5.74, 6) is 0.910. The summed E-state index contributed by atoms with van der Waals surface area (Å²) in [6.07, 6.45) is 5.91. The highest BCUT2D eigenvalue weighted by atomic mass is 16.5. The third-order valence-electron chi connectivity index (χ3n) is 5.01. The summed E-state index contributed by atoms with van der Waals surface area (Å²) in [7, 11) is 1.73. The fourth-order valence-electron chi connectivity index (χ4n) is 3.54. The van der Waals surface area contributed by atoms with Crippen LogP contribution in [0, 0.1) is 5.41 Å². The molecular formula is C22H26O. The maximum absolute atomic E-state index is 5.41. The van der Waals surface area contributed by atoms with Gasteiger partial charge in [0.1, 0.15) is 5.75 Å². The molecule has 0 radical (unpaired) electrons. The van der Waals surface area contributed by atoms with Gasteiger partial charge in [-0.15, -0.1) is 0 Å². The van der Waals surface area contributed by atoms with Crippen molar-refractivity contribution in [1.82, 2.24) is 0 Å². The van der Waals surface area contributed by atoms with Gasteiger partial charge < -0.3 is 4.74 Å². The zero-order valence-corrected chi connectivity index (χ0v) is 14.6. The van der Waals surface area contributed by atoms with Crippen LogP contribution in [-0.2, 0) is 6.42 Å². The van der Waals surface area contributed by atoms with Crippen molar-refractivity contribution in [3.8, 4) is 16.9 Å². The van der Waals surface area contributed by atoms with Crippen LogP contribution < -0.4 is 4.74 Å². The van der Waals surface area contributed by atoms with Crippen LogP contribution >= 0.6 is 0 Å². The highest BCUT2D eigenvalue weighted by molar-refractivity contribution is 5.85. The van der Waals surface area contributed by atoms with Crippen molar-refractivity contribution in [2.75, 3.05) is 7.11 Å². The second kappa shape index (κ2) is 6.23. The molecule has 0 amide bonds. The monoisotopic (exact) mass is 306 g/mol. The summed E-state index contributed by atoms with van der Waals surface area (Å²) >= 11 is 0. The third-order valence-corrected chi connectivity index (χ3v) is 5.01. The first kappa shape index (κ1) is 15.9. The second-order valence-electron chi connectivity index (χ2n) is 7.01. The zero-order valence-electron chi connectivity index (χ0n) is 14.6. The quantitative estimate of drug-likeness (QED) is 0.660. The summed E-state index contributed by atoms with van der Waals surface area (Å²) in [6.45, 7) is 6.94. The molecule has 0 saturated carbocycles. The largest absolute Gasteiger partial charge is 0.497 e. The first-order chi connectivity index (χ1) is 11.0. The average Bonchev–Trinajstić information content (AvgIpc) is 2.93. The highest BCUT2D eigenvalue weighted by Gasteiger charge is 2.29. The topological polar surface area (TPSA) is 9.23 Å². The Morgan fingerprint density at radius 1 is 1.04 bits per heavy atom. The van der Waals surface area contributed by atoms with Crippen molar-refractivity contribution >= 4 is 5.57 Å². The van der Waals surface area contributed by atoms with Crippen molar-refractivity contribution in [3.05, 3.63) is 59.7 Å². The van der Waals surface area contributed by atoms with E-state index in [-0.39, 0.29) is 5.41 Å². The first-order valence-corrected chi connectivity index (χ1v) is 8.53. The van der Waals surface area contributed by atoms with Gasteiger partial charge in [-0.25, -0.2) is 0 Å². The molecule has 0 bridgehead atoms. The van der Waals surface area contributed by atoms with Gasteiger partial charge in [0.25, 0.3) is 0 Å². The van der Waals surface area contributed by atoms with Gasteiger partial charge in [0.15, 0.2) is 0 Å². The number of ether oxygens (including phenoxy) is 1. The lowest BCUT2D eigenvalue weighted by Gasteiger charge is -2.25. The lowest BCUT2D eigenvalue weighted by molar-refractivity contribution is 0.415. The first-order valence-electron chi connectivity index (χ1n) is 8.53. The van der Waals surface area contributed by atoms with Gasteiger partial charge in [-0.05, 0) is 64.6 Å². The molecule has 0 aromatic heterocycles. The fraction of sp³-hybridized carbons (Fsp3) is 0.364. The van der Waals surface area contributed by atoms with Gasteiger partial charge in [0.2, 0.25) is 0 Å². The predicted octanol–water partition coefficient (Wildman–Crippen LogP) is 6.13. The van der Waals surface area contributed by atoms with Gasteiger partial charge in [-0.3, -0.25) is 0 Å². The van der Waals surface area contributed by atoms with Gasteiger partial charge in [-0.1, -0.05) is 57.2 Å². The van der Waals surface area contributed by atoms with Gasteiger partial charge in [-0.2, -0.15) is 0 Å². The summed E-state index contributed by atoms with van der Waals surface area (Å²) < 4.78 is 5.41. The summed E-state index contributed by atoms with van der Waals surface area (Å²) in [4.78, 5) is 0. The van der Waals surface area contributed by atoms with Crippen LogP contribution in [0.4, 0.5) is 0 Å². The molecule has 23 heavy (non-hydrogen) atoms. The molecule has 1 aliphatic rings. The molecule has 0 saturated heterocycles. The Morgan fingerprint density at radius 2 is 1.87 bits per heavy atom. The van der Waals surface area contributed by atoms with E-state index < -0.39 is 0 Å². The number of aryl methyl sites for hydroxylation is 1. The Labute approximate surface area is 140 Å². The van der Waals surface area contributed by atoms with Crippen LogP contribution in [0.1, 0.15) is 44.7 Å². The number of rotatable bonds is 4. The summed E-state index contributed by atoms with van der Waals surface area (Å²) in [5.41, 5.74) is 7.06. The van der Waals surface area contributed by atoms with Crippen molar-refractivity contribution in [3.63, 3.8) is 0 Å². The minimum atomic E-state index is 0.250. The molecule has 1 nitrogen and oxygen atoms in total. The average molecular weight is 306 g/mol. The second-order valence-corrected chi connectivity index (χ2v) is 7.01. The zero-order chi connectivity index (χ0) is 16.4. The molecule has 0 spiro atoms. The maximum Gasteiger partial charge on any atom is 0.119 e. The van der Waals surface area contributed by atoms with E-state index in [1.165, 1.54) is 40.7 Å². The Kier molecular flexibility index (Phi) is 4.30. The minimum absolute atomic E-state index is 0.250. The number of benzene rings is 2. The molecule has 2 aromatic carbocycles. The van der Waals surface area contributed by atoms with Crippen LogP contribution in [0.15, 0.2) is 48.5 Å². The molecule has 0 heterocycles. The van der Waals surface area contributed by atoms with Crippen LogP contribution in [0.2, 0.25) is 0 Å². The van der Waals surface area contributed by atoms with E-state index >= 15 is 0 Å². The normalized spacial score (nSPS) is 16.3. The Balaban J connectivity index is 2.17. The summed E-state index contributed by atoms with van der Waals surface area (Å²) in [6, 6.07) is 15.3. The third kappa shape index (κ3) is 3.06. The van der Waals surface area contributed by atoms with Gasteiger partial charge >= 0.3 is 0 Å². The molecule has 1 aliphatic carbocycles. The highest BCUT2D eigenvalue weighted by Crippen LogP contribution is 2.47. The minimum Gasteiger partial charge on any atom is -0.497 e. The van der Waals surface area contributed by atoms with Crippen molar-refractivity contribution in [2.24, 2.45) is 5.41 Å². The van der Waals surface area contributed by atoms with Crippen molar-refractivity contribution in [2.45, 2.75) is 40.0 Å². The predicted molar refractivity (Wildman–Crippen MR) is 98.8 cm³/mol.